The molecule has 8 nitrogen and oxygen atoms in total. The van der Waals surface area contributed by atoms with Gasteiger partial charge in [-0.2, -0.15) is 4.98 Å². The zero-order valence-corrected chi connectivity index (χ0v) is 14.1. The molecule has 3 rings (SSSR count). The summed E-state index contributed by atoms with van der Waals surface area (Å²) in [4.78, 5) is 14.3. The Morgan fingerprint density at radius 2 is 2.12 bits per heavy atom. The number of nitro groups is 1. The highest BCUT2D eigenvalue weighted by Gasteiger charge is 2.13. The summed E-state index contributed by atoms with van der Waals surface area (Å²) in [7, 11) is 1.55. The Balaban J connectivity index is 1.90. The third-order valence-electron chi connectivity index (χ3n) is 3.43. The first-order valence-electron chi connectivity index (χ1n) is 7.29. The van der Waals surface area contributed by atoms with Crippen LogP contribution in [0.3, 0.4) is 0 Å². The summed E-state index contributed by atoms with van der Waals surface area (Å²) in [6, 6.07) is 10.7. The van der Waals surface area contributed by atoms with Gasteiger partial charge in [-0.25, -0.2) is 0 Å². The molecular weight excluding hydrogens is 362 g/mol. The van der Waals surface area contributed by atoms with Gasteiger partial charge in [-0.05, 0) is 29.5 Å². The maximum Gasteiger partial charge on any atom is 0.269 e. The number of nitrogens with zero attached hydrogens (tertiary/aromatic N) is 3. The van der Waals surface area contributed by atoms with Crippen LogP contribution in [0.5, 0.6) is 11.5 Å². The number of aromatic nitrogens is 2. The molecule has 1 heterocycles. The summed E-state index contributed by atoms with van der Waals surface area (Å²) in [5, 5.41) is 26.2. The Hall–Kier alpha value is -3.39. The van der Waals surface area contributed by atoms with Crippen LogP contribution in [0.4, 0.5) is 5.69 Å². The lowest BCUT2D eigenvalue weighted by atomic mass is 10.1. The summed E-state index contributed by atoms with van der Waals surface area (Å²) >= 11 is 6.16. The molecule has 3 aromatic rings. The van der Waals surface area contributed by atoms with Gasteiger partial charge in [0.05, 0.1) is 12.0 Å². The first-order valence-corrected chi connectivity index (χ1v) is 7.67. The fraction of sp³-hybridized carbons (Fsp3) is 0.0588. The van der Waals surface area contributed by atoms with Crippen LogP contribution >= 0.6 is 11.6 Å². The Morgan fingerprint density at radius 3 is 2.85 bits per heavy atom. The molecule has 0 fully saturated rings. The predicted octanol–water partition coefficient (Wildman–Crippen LogP) is 3.46. The molecule has 0 aliphatic rings. The van der Waals surface area contributed by atoms with E-state index in [1.54, 1.807) is 31.4 Å². The van der Waals surface area contributed by atoms with Gasteiger partial charge in [-0.3, -0.25) is 10.1 Å². The molecule has 9 heteroatoms. The molecule has 0 atom stereocenters. The van der Waals surface area contributed by atoms with Crippen molar-refractivity contribution < 1.29 is 19.3 Å². The number of hydrogen-bond donors (Lipinski definition) is 0. The molecule has 0 N–H and O–H groups in total. The number of halogens is 1. The molecule has 0 amide bonds. The van der Waals surface area contributed by atoms with Crippen LogP contribution in [0.15, 0.2) is 47.0 Å². The second-order valence-electron chi connectivity index (χ2n) is 5.13. The topological polar surface area (TPSA) is 114 Å². The van der Waals surface area contributed by atoms with E-state index in [2.05, 4.69) is 10.1 Å². The highest BCUT2D eigenvalue weighted by molar-refractivity contribution is 6.50. The van der Waals surface area contributed by atoms with Gasteiger partial charge in [0.2, 0.25) is 5.82 Å². The molecule has 0 aliphatic heterocycles. The average Bonchev–Trinajstić information content (AvgIpc) is 3.13. The van der Waals surface area contributed by atoms with Gasteiger partial charge < -0.3 is 14.4 Å². The summed E-state index contributed by atoms with van der Waals surface area (Å²) < 4.78 is 10.3. The van der Waals surface area contributed by atoms with E-state index in [1.165, 1.54) is 12.1 Å². The molecule has 2 aromatic carbocycles. The van der Waals surface area contributed by atoms with Crippen LogP contribution in [0.2, 0.25) is 0 Å². The quantitative estimate of drug-likeness (QED) is 0.497. The van der Waals surface area contributed by atoms with E-state index in [-0.39, 0.29) is 10.9 Å². The van der Waals surface area contributed by atoms with E-state index in [4.69, 9.17) is 20.9 Å². The highest BCUT2D eigenvalue weighted by atomic mass is 35.5. The number of benzene rings is 2. The van der Waals surface area contributed by atoms with Gasteiger partial charge in [0.15, 0.2) is 0 Å². The molecule has 0 saturated heterocycles. The zero-order chi connectivity index (χ0) is 18.7. The third-order valence-corrected chi connectivity index (χ3v) is 3.70. The number of rotatable bonds is 5. The third kappa shape index (κ3) is 3.65. The molecule has 0 unspecified atom stereocenters. The summed E-state index contributed by atoms with van der Waals surface area (Å²) in [5.41, 5.74) is 0.503. The monoisotopic (exact) mass is 372 g/mol. The van der Waals surface area contributed by atoms with E-state index >= 15 is 0 Å². The molecule has 132 valence electrons. The maximum absolute atomic E-state index is 11.4. The van der Waals surface area contributed by atoms with Gasteiger partial charge >= 0.3 is 0 Å². The minimum absolute atomic E-state index is 0.0401. The van der Waals surface area contributed by atoms with Crippen molar-refractivity contribution in [2.45, 2.75) is 0 Å². The molecule has 0 radical (unpaired) electrons. The van der Waals surface area contributed by atoms with E-state index in [1.807, 2.05) is 0 Å². The largest absolute Gasteiger partial charge is 0.868 e. The van der Waals surface area contributed by atoms with E-state index in [0.717, 1.165) is 12.1 Å². The van der Waals surface area contributed by atoms with Crippen molar-refractivity contribution in [2.24, 2.45) is 0 Å². The fourth-order valence-electron chi connectivity index (χ4n) is 2.17. The lowest BCUT2D eigenvalue weighted by molar-refractivity contribution is -0.398. The second-order valence-corrected chi connectivity index (χ2v) is 5.54. The average molecular weight is 373 g/mol. The van der Waals surface area contributed by atoms with Gasteiger partial charge in [-0.15, -0.1) is 0 Å². The van der Waals surface area contributed by atoms with Crippen LogP contribution < -0.4 is 9.84 Å². The van der Waals surface area contributed by atoms with Gasteiger partial charge in [-0.1, -0.05) is 41.0 Å². The molecule has 26 heavy (non-hydrogen) atoms. The molecule has 0 spiro atoms. The normalized spacial score (nSPS) is 11.4. The van der Waals surface area contributed by atoms with Crippen LogP contribution in [-0.2, 0) is 0 Å². The summed E-state index contributed by atoms with van der Waals surface area (Å²) in [5.74, 6) is 0.312. The Bertz CT molecular complexity index is 1000. The number of ether oxygens (including phenoxy) is 1. The second kappa shape index (κ2) is 7.24. The summed E-state index contributed by atoms with van der Waals surface area (Å²) in [6.45, 7) is 0. The van der Waals surface area contributed by atoms with Crippen LogP contribution in [-0.4, -0.2) is 22.2 Å². The van der Waals surface area contributed by atoms with Gasteiger partial charge in [0.1, 0.15) is 10.8 Å². The SMILES string of the molecule is COc1cccc(-c2noc(/C(Cl)=C/c3ccc([O-])c([N+](=O)[O-])c3)n2)c1. The number of nitro benzene ring substituents is 1. The van der Waals surface area contributed by atoms with Gasteiger partial charge in [0, 0.05) is 11.6 Å². The highest BCUT2D eigenvalue weighted by Crippen LogP contribution is 2.29. The standard InChI is InChI=1S/C17H12ClN3O5/c1-25-12-4-2-3-11(9-12)16-19-17(26-20-16)13(18)7-10-5-6-15(22)14(8-10)21(23)24/h2-9,22H,1H3/p-1/b13-7-. The molecule has 0 bridgehead atoms. The van der Waals surface area contributed by atoms with E-state index < -0.39 is 16.4 Å². The smallest absolute Gasteiger partial charge is 0.269 e. The first kappa shape index (κ1) is 17.4. The number of hydrogen-bond acceptors (Lipinski definition) is 7. The zero-order valence-electron chi connectivity index (χ0n) is 13.4. The minimum atomic E-state index is -0.749. The van der Waals surface area contributed by atoms with Crippen molar-refractivity contribution in [2.75, 3.05) is 7.11 Å². The molecular formula is C17H11ClN3O5-. The lowest BCUT2D eigenvalue weighted by Crippen LogP contribution is -1.97. The van der Waals surface area contributed by atoms with Crippen LogP contribution in [0, 0.1) is 10.1 Å². The van der Waals surface area contributed by atoms with Crippen molar-refractivity contribution >= 4 is 28.4 Å². The van der Waals surface area contributed by atoms with Crippen molar-refractivity contribution in [3.8, 4) is 22.9 Å². The van der Waals surface area contributed by atoms with Crippen molar-refractivity contribution in [1.29, 1.82) is 0 Å². The first-order chi connectivity index (χ1) is 12.5. The van der Waals surface area contributed by atoms with Crippen LogP contribution in [0.1, 0.15) is 11.5 Å². The summed E-state index contributed by atoms with van der Waals surface area (Å²) in [6.07, 6.45) is 1.40. The minimum Gasteiger partial charge on any atom is -0.868 e. The Kier molecular flexibility index (Phi) is 4.85. The van der Waals surface area contributed by atoms with Crippen molar-refractivity contribution in [3.05, 3.63) is 64.0 Å². The molecule has 0 aliphatic carbocycles. The van der Waals surface area contributed by atoms with Gasteiger partial charge in [0.25, 0.3) is 11.6 Å². The maximum atomic E-state index is 11.4. The lowest BCUT2D eigenvalue weighted by Gasteiger charge is -2.06. The predicted molar refractivity (Wildman–Crippen MR) is 92.6 cm³/mol. The Labute approximate surface area is 152 Å². The van der Waals surface area contributed by atoms with Crippen molar-refractivity contribution in [3.63, 3.8) is 0 Å². The van der Waals surface area contributed by atoms with E-state index in [0.29, 0.717) is 22.7 Å². The van der Waals surface area contributed by atoms with Crippen molar-refractivity contribution in [1.82, 2.24) is 10.1 Å². The fourth-order valence-corrected chi connectivity index (χ4v) is 2.38. The molecule has 1 aromatic heterocycles. The molecule has 0 saturated carbocycles. The Morgan fingerprint density at radius 1 is 1.31 bits per heavy atom. The van der Waals surface area contributed by atoms with E-state index in [9.17, 15) is 15.2 Å². The van der Waals surface area contributed by atoms with Crippen LogP contribution in [0.25, 0.3) is 22.5 Å². The number of methoxy groups -OCH3 is 1.